The summed E-state index contributed by atoms with van der Waals surface area (Å²) in [5.74, 6) is 5.51. The number of rotatable bonds is 2. The molecule has 3 N–H and O–H groups in total. The summed E-state index contributed by atoms with van der Waals surface area (Å²) in [7, 11) is 0. The van der Waals surface area contributed by atoms with Crippen LogP contribution in [0.25, 0.3) is 6.08 Å². The van der Waals surface area contributed by atoms with Gasteiger partial charge >= 0.3 is 0 Å². The van der Waals surface area contributed by atoms with Crippen LogP contribution in [0.2, 0.25) is 0 Å². The van der Waals surface area contributed by atoms with Crippen LogP contribution in [0.4, 0.5) is 5.69 Å². The molecule has 1 aromatic carbocycles. The first-order chi connectivity index (χ1) is 6.99. The molecule has 2 nitrogen and oxygen atoms in total. The molecule has 0 spiro atoms. The molecule has 0 bridgehead atoms. The van der Waals surface area contributed by atoms with E-state index in [2.05, 4.69) is 44.4 Å². The molecule has 0 aromatic heterocycles. The van der Waals surface area contributed by atoms with Crippen LogP contribution in [0.15, 0.2) is 24.3 Å². The average Bonchev–Trinajstić information content (AvgIpc) is 2.17. The third-order valence-electron chi connectivity index (χ3n) is 2.42. The maximum atomic E-state index is 5.51. The Morgan fingerprint density at radius 2 is 1.93 bits per heavy atom. The predicted octanol–water partition coefficient (Wildman–Crippen LogP) is 3.30. The monoisotopic (exact) mass is 204 g/mol. The van der Waals surface area contributed by atoms with Crippen molar-refractivity contribution in [1.82, 2.24) is 0 Å². The highest BCUT2D eigenvalue weighted by Gasteiger charge is 2.14. The van der Waals surface area contributed by atoms with Gasteiger partial charge in [-0.3, -0.25) is 5.84 Å². The third kappa shape index (κ3) is 2.83. The predicted molar refractivity (Wildman–Crippen MR) is 67.7 cm³/mol. The molecule has 0 aliphatic rings. The van der Waals surface area contributed by atoms with E-state index in [1.54, 1.807) is 0 Å². The topological polar surface area (TPSA) is 38.0 Å². The molecule has 0 saturated heterocycles. The first-order valence-electron chi connectivity index (χ1n) is 5.23. The molecule has 0 unspecified atom stereocenters. The lowest BCUT2D eigenvalue weighted by atomic mass is 9.86. The number of benzene rings is 1. The lowest BCUT2D eigenvalue weighted by Crippen LogP contribution is -2.14. The van der Waals surface area contributed by atoms with Gasteiger partial charge in [-0.05, 0) is 29.5 Å². The van der Waals surface area contributed by atoms with Crippen LogP contribution in [0.5, 0.6) is 0 Å². The maximum absolute atomic E-state index is 5.51. The minimum absolute atomic E-state index is 0.153. The van der Waals surface area contributed by atoms with Crippen molar-refractivity contribution in [2.24, 2.45) is 5.84 Å². The maximum Gasteiger partial charge on any atom is 0.0560 e. The van der Waals surface area contributed by atoms with Crippen LogP contribution in [0.3, 0.4) is 0 Å². The summed E-state index contributed by atoms with van der Waals surface area (Å²) < 4.78 is 0. The van der Waals surface area contributed by atoms with Crippen molar-refractivity contribution in [3.05, 3.63) is 35.4 Å². The highest BCUT2D eigenvalue weighted by Crippen LogP contribution is 2.27. The largest absolute Gasteiger partial charge is 0.324 e. The summed E-state index contributed by atoms with van der Waals surface area (Å²) in [4.78, 5) is 0. The number of nitrogens with two attached hydrogens (primary N) is 1. The van der Waals surface area contributed by atoms with Gasteiger partial charge in [0.2, 0.25) is 0 Å². The average molecular weight is 204 g/mol. The fourth-order valence-corrected chi connectivity index (χ4v) is 1.47. The fraction of sp³-hybridized carbons (Fsp3) is 0.385. The molecule has 1 aromatic rings. The zero-order valence-electron chi connectivity index (χ0n) is 9.96. The Morgan fingerprint density at radius 1 is 1.27 bits per heavy atom. The lowest BCUT2D eigenvalue weighted by molar-refractivity contribution is 0.590. The highest BCUT2D eigenvalue weighted by atomic mass is 15.2. The Bertz CT molecular complexity index is 359. The van der Waals surface area contributed by atoms with Gasteiger partial charge in [-0.2, -0.15) is 0 Å². The number of nitrogens with one attached hydrogen (secondary N) is 1. The van der Waals surface area contributed by atoms with E-state index >= 15 is 0 Å². The molecule has 0 aliphatic heterocycles. The number of allylic oxidation sites excluding steroid dienone is 1. The Hall–Kier alpha value is -1.28. The molecule has 0 atom stereocenters. The second kappa shape index (κ2) is 4.49. The molecule has 82 valence electrons. The van der Waals surface area contributed by atoms with Gasteiger partial charge in [0.05, 0.1) is 5.69 Å². The van der Waals surface area contributed by atoms with Gasteiger partial charge in [0.1, 0.15) is 0 Å². The van der Waals surface area contributed by atoms with Crippen molar-refractivity contribution in [1.29, 1.82) is 0 Å². The van der Waals surface area contributed by atoms with E-state index in [4.69, 9.17) is 5.84 Å². The van der Waals surface area contributed by atoms with Crippen molar-refractivity contribution in [2.75, 3.05) is 5.43 Å². The third-order valence-corrected chi connectivity index (χ3v) is 2.42. The molecule has 0 heterocycles. The van der Waals surface area contributed by atoms with Gasteiger partial charge in [-0.15, -0.1) is 0 Å². The summed E-state index contributed by atoms with van der Waals surface area (Å²) >= 11 is 0. The molecule has 0 amide bonds. The van der Waals surface area contributed by atoms with E-state index < -0.39 is 0 Å². The van der Waals surface area contributed by atoms with E-state index in [0.29, 0.717) is 0 Å². The Balaban J connectivity index is 3.19. The van der Waals surface area contributed by atoms with Crippen LogP contribution in [0.1, 0.15) is 38.8 Å². The molecule has 0 radical (unpaired) electrons. The van der Waals surface area contributed by atoms with E-state index in [1.807, 2.05) is 19.1 Å². The van der Waals surface area contributed by atoms with Crippen LogP contribution in [-0.4, -0.2) is 0 Å². The van der Waals surface area contributed by atoms with Crippen LogP contribution < -0.4 is 11.3 Å². The molecule has 0 saturated carbocycles. The number of hydrogen-bond donors (Lipinski definition) is 2. The summed E-state index contributed by atoms with van der Waals surface area (Å²) in [6, 6.07) is 6.35. The molecule has 15 heavy (non-hydrogen) atoms. The van der Waals surface area contributed by atoms with Crippen LogP contribution in [-0.2, 0) is 5.41 Å². The fourth-order valence-electron chi connectivity index (χ4n) is 1.47. The van der Waals surface area contributed by atoms with E-state index in [0.717, 1.165) is 11.3 Å². The minimum Gasteiger partial charge on any atom is -0.324 e. The van der Waals surface area contributed by atoms with Crippen molar-refractivity contribution in [3.8, 4) is 0 Å². The Kier molecular flexibility index (Phi) is 3.53. The number of hydrazine groups is 1. The first-order valence-corrected chi connectivity index (χ1v) is 5.23. The summed E-state index contributed by atoms with van der Waals surface area (Å²) in [6.07, 6.45) is 4.05. The molecular weight excluding hydrogens is 184 g/mol. The standard InChI is InChI=1S/C13H20N2/c1-5-6-10-7-8-11(13(2,3)4)9-12(10)15-14/h5-9,15H,14H2,1-4H3/b6-5-. The van der Waals surface area contributed by atoms with Gasteiger partial charge < -0.3 is 5.43 Å². The van der Waals surface area contributed by atoms with E-state index in [-0.39, 0.29) is 5.41 Å². The van der Waals surface area contributed by atoms with Gasteiger partial charge in [0.15, 0.2) is 0 Å². The van der Waals surface area contributed by atoms with Crippen molar-refractivity contribution < 1.29 is 0 Å². The van der Waals surface area contributed by atoms with Crippen LogP contribution in [0, 0.1) is 0 Å². The Morgan fingerprint density at radius 3 is 2.40 bits per heavy atom. The summed E-state index contributed by atoms with van der Waals surface area (Å²) in [5.41, 5.74) is 6.27. The van der Waals surface area contributed by atoms with Gasteiger partial charge in [0.25, 0.3) is 0 Å². The van der Waals surface area contributed by atoms with Crippen LogP contribution >= 0.6 is 0 Å². The minimum atomic E-state index is 0.153. The molecule has 2 heteroatoms. The first kappa shape index (κ1) is 11.8. The molecule has 1 rings (SSSR count). The zero-order chi connectivity index (χ0) is 11.5. The zero-order valence-corrected chi connectivity index (χ0v) is 9.96. The van der Waals surface area contributed by atoms with Crippen molar-refractivity contribution in [2.45, 2.75) is 33.1 Å². The summed E-state index contributed by atoms with van der Waals surface area (Å²) in [5, 5.41) is 0. The van der Waals surface area contributed by atoms with E-state index in [9.17, 15) is 0 Å². The molecular formula is C13H20N2. The van der Waals surface area contributed by atoms with Gasteiger partial charge in [-0.1, -0.05) is 45.1 Å². The van der Waals surface area contributed by atoms with Crippen molar-refractivity contribution in [3.63, 3.8) is 0 Å². The lowest BCUT2D eigenvalue weighted by Gasteiger charge is -2.20. The summed E-state index contributed by atoms with van der Waals surface area (Å²) in [6.45, 7) is 8.58. The SMILES string of the molecule is C/C=C\c1ccc(C(C)(C)C)cc1NN. The molecule has 0 fully saturated rings. The number of anilines is 1. The Labute approximate surface area is 92.2 Å². The molecule has 0 aliphatic carbocycles. The highest BCUT2D eigenvalue weighted by molar-refractivity contribution is 5.67. The smallest absolute Gasteiger partial charge is 0.0560 e. The van der Waals surface area contributed by atoms with Gasteiger partial charge in [0, 0.05) is 0 Å². The van der Waals surface area contributed by atoms with Gasteiger partial charge in [-0.25, -0.2) is 0 Å². The van der Waals surface area contributed by atoms with Crippen molar-refractivity contribution >= 4 is 11.8 Å². The normalized spacial score (nSPS) is 12.1. The second-order valence-corrected chi connectivity index (χ2v) is 4.70. The van der Waals surface area contributed by atoms with E-state index in [1.165, 1.54) is 5.56 Å². The quantitative estimate of drug-likeness (QED) is 0.573. The second-order valence-electron chi connectivity index (χ2n) is 4.70. The number of nitrogen functional groups attached to an aromatic ring is 1. The number of hydrogen-bond acceptors (Lipinski definition) is 2.